The van der Waals surface area contributed by atoms with Gasteiger partial charge in [0.15, 0.2) is 0 Å². The van der Waals surface area contributed by atoms with Crippen LogP contribution in [0.4, 0.5) is 10.7 Å². The summed E-state index contributed by atoms with van der Waals surface area (Å²) in [6, 6.07) is 6.61. The van der Waals surface area contributed by atoms with Crippen molar-refractivity contribution in [3.63, 3.8) is 0 Å². The average Bonchev–Trinajstić information content (AvgIpc) is 2.71. The minimum atomic E-state index is -2.45. The van der Waals surface area contributed by atoms with Gasteiger partial charge < -0.3 is 11.1 Å². The summed E-state index contributed by atoms with van der Waals surface area (Å²) < 4.78 is 25.2. The Bertz CT molecular complexity index is 678. The van der Waals surface area contributed by atoms with Crippen LogP contribution in [-0.4, -0.2) is 18.7 Å². The van der Waals surface area contributed by atoms with Gasteiger partial charge in [0.05, 0.1) is 17.0 Å². The van der Waals surface area contributed by atoms with E-state index in [9.17, 15) is 13.2 Å². The van der Waals surface area contributed by atoms with Gasteiger partial charge in [0, 0.05) is 5.69 Å². The second kappa shape index (κ2) is 6.02. The van der Waals surface area contributed by atoms with Crippen LogP contribution in [0.25, 0.3) is 0 Å². The number of carbonyl (C=O) groups excluding carboxylic acids is 1. The number of nitrogen functional groups attached to an aromatic ring is 1. The third kappa shape index (κ3) is 3.34. The van der Waals surface area contributed by atoms with Gasteiger partial charge in [0.25, 0.3) is 5.91 Å². The van der Waals surface area contributed by atoms with Crippen LogP contribution in [0, 0.1) is 6.92 Å². The van der Waals surface area contributed by atoms with E-state index in [2.05, 4.69) is 9.69 Å². The fourth-order valence-corrected chi connectivity index (χ4v) is 2.87. The molecular formula is C12H13N3O3S2. The molecule has 8 heteroatoms. The lowest BCUT2D eigenvalue weighted by atomic mass is 10.2. The number of nitrogens with one attached hydrogen (secondary N) is 1. The van der Waals surface area contributed by atoms with Gasteiger partial charge in [-0.1, -0.05) is 12.1 Å². The van der Waals surface area contributed by atoms with Crippen LogP contribution in [0.3, 0.4) is 0 Å². The molecule has 0 radical (unpaired) electrons. The molecule has 20 heavy (non-hydrogen) atoms. The molecule has 0 bridgehead atoms. The number of amides is 1. The Labute approximate surface area is 121 Å². The lowest BCUT2D eigenvalue weighted by Gasteiger charge is -2.06. The zero-order valence-corrected chi connectivity index (χ0v) is 12.3. The van der Waals surface area contributed by atoms with Crippen LogP contribution in [-0.2, 0) is 16.5 Å². The highest BCUT2D eigenvalue weighted by Crippen LogP contribution is 2.22. The molecule has 1 aromatic heterocycles. The molecule has 1 amide bonds. The summed E-state index contributed by atoms with van der Waals surface area (Å²) in [5.41, 5.74) is 7.91. The summed E-state index contributed by atoms with van der Waals surface area (Å²) in [5.74, 6) is -0.333. The van der Waals surface area contributed by atoms with Gasteiger partial charge in [-0.05, 0) is 36.2 Å². The summed E-state index contributed by atoms with van der Waals surface area (Å²) in [4.78, 5) is 12.1. The van der Waals surface area contributed by atoms with Crippen molar-refractivity contribution < 1.29 is 13.2 Å². The number of anilines is 2. The van der Waals surface area contributed by atoms with E-state index in [1.54, 1.807) is 31.2 Å². The Morgan fingerprint density at radius 2 is 2.00 bits per heavy atom. The summed E-state index contributed by atoms with van der Waals surface area (Å²) >= 11 is 1.08. The van der Waals surface area contributed by atoms with E-state index >= 15 is 0 Å². The monoisotopic (exact) mass is 311 g/mol. The predicted molar refractivity (Wildman–Crippen MR) is 79.7 cm³/mol. The normalized spacial score (nSPS) is 10.7. The van der Waals surface area contributed by atoms with Gasteiger partial charge in [-0.25, -0.2) is 8.42 Å². The second-order valence-electron chi connectivity index (χ2n) is 4.15. The number of benzene rings is 1. The smallest absolute Gasteiger partial charge is 0.260 e. The van der Waals surface area contributed by atoms with Crippen LogP contribution in [0.1, 0.15) is 21.6 Å². The van der Waals surface area contributed by atoms with Crippen LogP contribution >= 0.6 is 11.5 Å². The van der Waals surface area contributed by atoms with E-state index in [-0.39, 0.29) is 11.7 Å². The van der Waals surface area contributed by atoms with E-state index in [1.165, 1.54) is 0 Å². The number of hydrogen-bond acceptors (Lipinski definition) is 6. The summed E-state index contributed by atoms with van der Waals surface area (Å²) in [6.45, 7) is 1.72. The average molecular weight is 311 g/mol. The van der Waals surface area contributed by atoms with Gasteiger partial charge in [0.1, 0.15) is 15.7 Å². The van der Waals surface area contributed by atoms with Crippen molar-refractivity contribution in [2.75, 3.05) is 11.1 Å². The molecule has 0 unspecified atom stereocenters. The third-order valence-electron chi connectivity index (χ3n) is 2.64. The predicted octanol–water partition coefficient (Wildman–Crippen LogP) is 1.40. The fraction of sp³-hybridized carbons (Fsp3) is 0.167. The van der Waals surface area contributed by atoms with Crippen LogP contribution < -0.4 is 11.1 Å². The highest BCUT2D eigenvalue weighted by Gasteiger charge is 2.16. The van der Waals surface area contributed by atoms with Crippen LogP contribution in [0.15, 0.2) is 24.3 Å². The molecule has 106 valence electrons. The molecule has 0 fully saturated rings. The Morgan fingerprint density at radius 3 is 2.50 bits per heavy atom. The molecule has 6 nitrogen and oxygen atoms in total. The number of thiol groups is 1. The molecule has 0 aliphatic heterocycles. The first-order chi connectivity index (χ1) is 9.47. The van der Waals surface area contributed by atoms with E-state index in [0.29, 0.717) is 27.5 Å². The molecule has 2 aromatic rings. The van der Waals surface area contributed by atoms with Crippen molar-refractivity contribution in [2.24, 2.45) is 0 Å². The van der Waals surface area contributed by atoms with Gasteiger partial charge in [-0.2, -0.15) is 4.37 Å². The Balaban J connectivity index is 2.12. The first-order valence-electron chi connectivity index (χ1n) is 5.71. The molecule has 1 aromatic carbocycles. The number of rotatable bonds is 4. The summed E-state index contributed by atoms with van der Waals surface area (Å²) in [5, 5.41) is 3.08. The van der Waals surface area contributed by atoms with Crippen molar-refractivity contribution in [3.05, 3.63) is 41.1 Å². The zero-order chi connectivity index (χ0) is 14.7. The van der Waals surface area contributed by atoms with Gasteiger partial charge in [-0.3, -0.25) is 4.79 Å². The SMILES string of the molecule is Cc1nsc(N)c1C(=O)Nc1ccc(C[SH](=O)=O)cc1. The third-order valence-corrected chi connectivity index (χ3v) is 4.03. The highest BCUT2D eigenvalue weighted by atomic mass is 32.2. The highest BCUT2D eigenvalue weighted by molar-refractivity contribution is 7.71. The number of nitrogens with two attached hydrogens (primary N) is 1. The molecule has 0 atom stereocenters. The van der Waals surface area contributed by atoms with Crippen molar-refractivity contribution in [1.29, 1.82) is 0 Å². The maximum absolute atomic E-state index is 12.1. The Hall–Kier alpha value is -1.93. The van der Waals surface area contributed by atoms with E-state index in [1.807, 2.05) is 0 Å². The van der Waals surface area contributed by atoms with Gasteiger partial charge in [-0.15, -0.1) is 0 Å². The van der Waals surface area contributed by atoms with Gasteiger partial charge in [0.2, 0.25) is 0 Å². The topological polar surface area (TPSA) is 102 Å². The number of nitrogens with zero attached hydrogens (tertiary/aromatic N) is 1. The molecule has 2 rings (SSSR count). The Morgan fingerprint density at radius 1 is 1.35 bits per heavy atom. The van der Waals surface area contributed by atoms with Crippen LogP contribution in [0.2, 0.25) is 0 Å². The molecule has 1 heterocycles. The maximum atomic E-state index is 12.1. The van der Waals surface area contributed by atoms with E-state index in [0.717, 1.165) is 11.5 Å². The first-order valence-corrected chi connectivity index (χ1v) is 7.85. The molecule has 0 saturated carbocycles. The number of carbonyl (C=O) groups is 1. The van der Waals surface area contributed by atoms with Crippen molar-refractivity contribution in [1.82, 2.24) is 4.37 Å². The Kier molecular flexibility index (Phi) is 4.35. The van der Waals surface area contributed by atoms with Crippen molar-refractivity contribution in [2.45, 2.75) is 12.7 Å². The molecular weight excluding hydrogens is 298 g/mol. The number of hydrogen-bond donors (Lipinski definition) is 3. The number of aryl methyl sites for hydroxylation is 1. The standard InChI is InChI=1S/C12H13N3O3S2/c1-7-10(11(13)19-15-7)12(16)14-9-4-2-8(3-5-9)6-20(17)18/h2-5,20H,6,13H2,1H3,(H,14,16). The summed E-state index contributed by atoms with van der Waals surface area (Å²) in [7, 11) is -2.45. The lowest BCUT2D eigenvalue weighted by molar-refractivity contribution is 0.102. The van der Waals surface area contributed by atoms with Crippen molar-refractivity contribution >= 4 is 38.8 Å². The van der Waals surface area contributed by atoms with Crippen molar-refractivity contribution in [3.8, 4) is 0 Å². The molecule has 0 saturated heterocycles. The molecule has 0 spiro atoms. The van der Waals surface area contributed by atoms with E-state index in [4.69, 9.17) is 5.73 Å². The zero-order valence-electron chi connectivity index (χ0n) is 10.6. The maximum Gasteiger partial charge on any atom is 0.260 e. The quantitative estimate of drug-likeness (QED) is 0.741. The largest absolute Gasteiger partial charge is 0.389 e. The first kappa shape index (κ1) is 14.5. The molecule has 0 aliphatic carbocycles. The van der Waals surface area contributed by atoms with Gasteiger partial charge >= 0.3 is 0 Å². The minimum absolute atomic E-state index is 0.00985. The lowest BCUT2D eigenvalue weighted by Crippen LogP contribution is -2.14. The summed E-state index contributed by atoms with van der Waals surface area (Å²) in [6.07, 6.45) is 0. The fourth-order valence-electron chi connectivity index (χ4n) is 1.70. The molecule has 0 aliphatic rings. The number of aromatic nitrogens is 1. The van der Waals surface area contributed by atoms with Crippen LogP contribution in [0.5, 0.6) is 0 Å². The second-order valence-corrected chi connectivity index (χ2v) is 5.94. The minimum Gasteiger partial charge on any atom is -0.389 e. The van der Waals surface area contributed by atoms with E-state index < -0.39 is 10.7 Å². The molecule has 3 N–H and O–H groups in total.